The summed E-state index contributed by atoms with van der Waals surface area (Å²) in [7, 11) is 1.28. The summed E-state index contributed by atoms with van der Waals surface area (Å²) >= 11 is 0. The van der Waals surface area contributed by atoms with E-state index in [-0.39, 0.29) is 12.1 Å². The average molecular weight is 268 g/mol. The first-order valence-corrected chi connectivity index (χ1v) is 5.92. The number of carbonyl (C=O) groups is 1. The Hall–Kier alpha value is -2.87. The maximum Gasteiger partial charge on any atom is 0.325 e. The molecule has 0 amide bonds. The van der Waals surface area contributed by atoms with E-state index in [1.807, 2.05) is 6.07 Å². The summed E-state index contributed by atoms with van der Waals surface area (Å²) in [5.41, 5.74) is 1.86. The van der Waals surface area contributed by atoms with Gasteiger partial charge in [-0.3, -0.25) is 9.59 Å². The first-order valence-electron chi connectivity index (χ1n) is 5.92. The Morgan fingerprint density at radius 1 is 1.25 bits per heavy atom. The van der Waals surface area contributed by atoms with E-state index in [0.29, 0.717) is 5.56 Å². The highest BCUT2D eigenvalue weighted by Gasteiger charge is 2.05. The van der Waals surface area contributed by atoms with Crippen molar-refractivity contribution >= 4 is 5.97 Å². The monoisotopic (exact) mass is 268 g/mol. The second-order valence-electron chi connectivity index (χ2n) is 4.15. The zero-order chi connectivity index (χ0) is 14.5. The molecule has 0 saturated heterocycles. The maximum atomic E-state index is 11.9. The topological polar surface area (TPSA) is 72.1 Å². The molecule has 1 aromatic heterocycles. The molecule has 0 aliphatic carbocycles. The number of carbonyl (C=O) groups excluding carboxylic acids is 1. The lowest BCUT2D eigenvalue weighted by Crippen LogP contribution is -2.23. The van der Waals surface area contributed by atoms with E-state index in [9.17, 15) is 9.59 Å². The van der Waals surface area contributed by atoms with Gasteiger partial charge in [-0.1, -0.05) is 12.1 Å². The van der Waals surface area contributed by atoms with Crippen LogP contribution in [0.15, 0.2) is 47.4 Å². The van der Waals surface area contributed by atoms with Gasteiger partial charge in [0.2, 0.25) is 0 Å². The second kappa shape index (κ2) is 5.85. The molecule has 0 bridgehead atoms. The molecule has 0 N–H and O–H groups in total. The fourth-order valence-corrected chi connectivity index (χ4v) is 1.76. The van der Waals surface area contributed by atoms with Crippen LogP contribution in [0, 0.1) is 11.3 Å². The van der Waals surface area contributed by atoms with E-state index in [4.69, 9.17) is 5.26 Å². The van der Waals surface area contributed by atoms with Gasteiger partial charge in [0.15, 0.2) is 0 Å². The first kappa shape index (κ1) is 13.6. The summed E-state index contributed by atoms with van der Waals surface area (Å²) in [6, 6.07) is 12.2. The van der Waals surface area contributed by atoms with Crippen molar-refractivity contribution in [3.8, 4) is 17.2 Å². The van der Waals surface area contributed by atoms with E-state index < -0.39 is 5.97 Å². The second-order valence-corrected chi connectivity index (χ2v) is 4.15. The van der Waals surface area contributed by atoms with Gasteiger partial charge < -0.3 is 9.30 Å². The Balaban J connectivity index is 2.31. The van der Waals surface area contributed by atoms with Crippen molar-refractivity contribution in [3.05, 3.63) is 58.5 Å². The molecule has 0 fully saturated rings. The van der Waals surface area contributed by atoms with Crippen molar-refractivity contribution < 1.29 is 9.53 Å². The highest BCUT2D eigenvalue weighted by molar-refractivity contribution is 5.69. The number of pyridine rings is 1. The van der Waals surface area contributed by atoms with E-state index in [2.05, 4.69) is 4.74 Å². The number of hydrogen-bond donors (Lipinski definition) is 0. The van der Waals surface area contributed by atoms with E-state index in [1.54, 1.807) is 36.5 Å². The minimum Gasteiger partial charge on any atom is -0.468 e. The summed E-state index contributed by atoms with van der Waals surface area (Å²) < 4.78 is 5.80. The van der Waals surface area contributed by atoms with Gasteiger partial charge in [-0.15, -0.1) is 0 Å². The van der Waals surface area contributed by atoms with Gasteiger partial charge in [0.05, 0.1) is 18.7 Å². The van der Waals surface area contributed by atoms with Crippen LogP contribution in [-0.2, 0) is 16.1 Å². The smallest absolute Gasteiger partial charge is 0.325 e. The van der Waals surface area contributed by atoms with E-state index >= 15 is 0 Å². The van der Waals surface area contributed by atoms with Crippen molar-refractivity contribution in [2.75, 3.05) is 7.11 Å². The van der Waals surface area contributed by atoms with Gasteiger partial charge in [0, 0.05) is 12.3 Å². The molecule has 0 unspecified atom stereocenters. The molecule has 1 heterocycles. The zero-order valence-electron chi connectivity index (χ0n) is 10.9. The predicted molar refractivity (Wildman–Crippen MR) is 72.9 cm³/mol. The third-order valence-electron chi connectivity index (χ3n) is 2.87. The van der Waals surface area contributed by atoms with Gasteiger partial charge >= 0.3 is 5.97 Å². The van der Waals surface area contributed by atoms with Crippen molar-refractivity contribution in [2.45, 2.75) is 6.54 Å². The molecule has 0 aliphatic heterocycles. The van der Waals surface area contributed by atoms with Crippen LogP contribution in [-0.4, -0.2) is 17.6 Å². The van der Waals surface area contributed by atoms with Crippen LogP contribution < -0.4 is 5.56 Å². The normalized spacial score (nSPS) is 9.80. The van der Waals surface area contributed by atoms with Crippen molar-refractivity contribution in [2.24, 2.45) is 0 Å². The van der Waals surface area contributed by atoms with Gasteiger partial charge in [0.25, 0.3) is 5.56 Å². The van der Waals surface area contributed by atoms with E-state index in [1.165, 1.54) is 17.7 Å². The van der Waals surface area contributed by atoms with Gasteiger partial charge in [-0.05, 0) is 29.3 Å². The van der Waals surface area contributed by atoms with Crippen molar-refractivity contribution in [3.63, 3.8) is 0 Å². The highest BCUT2D eigenvalue weighted by Crippen LogP contribution is 2.17. The molecular formula is C15H12N2O3. The van der Waals surface area contributed by atoms with Crippen LogP contribution in [0.1, 0.15) is 5.56 Å². The molecule has 100 valence electrons. The number of ether oxygens (including phenoxy) is 1. The fourth-order valence-electron chi connectivity index (χ4n) is 1.76. The lowest BCUT2D eigenvalue weighted by Gasteiger charge is -2.06. The molecule has 0 spiro atoms. The molecule has 0 saturated carbocycles. The van der Waals surface area contributed by atoms with E-state index in [0.717, 1.165) is 11.1 Å². The molecule has 2 aromatic rings. The molecule has 0 atom stereocenters. The SMILES string of the molecule is COC(=O)Cn1ccc(-c2ccc(C#N)cc2)cc1=O. The summed E-state index contributed by atoms with van der Waals surface area (Å²) in [6.45, 7) is -0.108. The fraction of sp³-hybridized carbons (Fsp3) is 0.133. The average Bonchev–Trinajstić information content (AvgIpc) is 2.49. The van der Waals surface area contributed by atoms with Crippen LogP contribution >= 0.6 is 0 Å². The van der Waals surface area contributed by atoms with Crippen LogP contribution in [0.2, 0.25) is 0 Å². The number of methoxy groups -OCH3 is 1. The molecule has 0 aliphatic rings. The number of nitrogens with zero attached hydrogens (tertiary/aromatic N) is 2. The Labute approximate surface area is 115 Å². The summed E-state index contributed by atoms with van der Waals surface area (Å²) in [5.74, 6) is -0.474. The predicted octanol–water partition coefficient (Wildman–Crippen LogP) is 1.56. The number of hydrogen-bond acceptors (Lipinski definition) is 4. The molecule has 0 radical (unpaired) electrons. The largest absolute Gasteiger partial charge is 0.468 e. The molecular weight excluding hydrogens is 256 g/mol. The summed E-state index contributed by atoms with van der Waals surface area (Å²) in [5, 5.41) is 8.74. The van der Waals surface area contributed by atoms with Gasteiger partial charge in [-0.25, -0.2) is 0 Å². The van der Waals surface area contributed by atoms with Crippen LogP contribution in [0.4, 0.5) is 0 Å². The molecule has 5 nitrogen and oxygen atoms in total. The Morgan fingerprint density at radius 3 is 2.50 bits per heavy atom. The quantitative estimate of drug-likeness (QED) is 0.792. The number of aromatic nitrogens is 1. The van der Waals surface area contributed by atoms with Crippen molar-refractivity contribution in [1.82, 2.24) is 4.57 Å². The Kier molecular flexibility index (Phi) is 3.96. The number of nitriles is 1. The Morgan fingerprint density at radius 2 is 1.95 bits per heavy atom. The lowest BCUT2D eigenvalue weighted by atomic mass is 10.1. The summed E-state index contributed by atoms with van der Waals surface area (Å²) in [6.07, 6.45) is 1.55. The first-order chi connectivity index (χ1) is 9.63. The number of esters is 1. The molecule has 2 rings (SSSR count). The van der Waals surface area contributed by atoms with Gasteiger partial charge in [-0.2, -0.15) is 5.26 Å². The van der Waals surface area contributed by atoms with Crippen LogP contribution in [0.5, 0.6) is 0 Å². The lowest BCUT2D eigenvalue weighted by molar-refractivity contribution is -0.141. The molecule has 1 aromatic carbocycles. The third kappa shape index (κ3) is 2.93. The molecule has 20 heavy (non-hydrogen) atoms. The van der Waals surface area contributed by atoms with Crippen LogP contribution in [0.3, 0.4) is 0 Å². The summed E-state index contributed by atoms with van der Waals surface area (Å²) in [4.78, 5) is 23.0. The van der Waals surface area contributed by atoms with Crippen molar-refractivity contribution in [1.29, 1.82) is 5.26 Å². The van der Waals surface area contributed by atoms with Crippen LogP contribution in [0.25, 0.3) is 11.1 Å². The van der Waals surface area contributed by atoms with Gasteiger partial charge in [0.1, 0.15) is 6.54 Å². The minimum absolute atomic E-state index is 0.108. The molecule has 5 heteroatoms. The number of rotatable bonds is 3. The Bertz CT molecular complexity index is 724. The highest BCUT2D eigenvalue weighted by atomic mass is 16.5. The third-order valence-corrected chi connectivity index (χ3v) is 2.87. The zero-order valence-corrected chi connectivity index (χ0v) is 10.9. The maximum absolute atomic E-state index is 11.9. The minimum atomic E-state index is -0.474. The number of benzene rings is 1. The standard InChI is InChI=1S/C15H12N2O3/c1-20-15(19)10-17-7-6-13(8-14(17)18)12-4-2-11(9-16)3-5-12/h2-8H,10H2,1H3.